The van der Waals surface area contributed by atoms with E-state index in [1.165, 1.54) is 0 Å². The van der Waals surface area contributed by atoms with Gasteiger partial charge in [-0.1, -0.05) is 29.8 Å². The molecule has 0 saturated heterocycles. The summed E-state index contributed by atoms with van der Waals surface area (Å²) in [6.07, 6.45) is 1.65. The van der Waals surface area contributed by atoms with Crippen LogP contribution < -0.4 is 11.1 Å². The Hall–Kier alpha value is -1.68. The van der Waals surface area contributed by atoms with Crippen molar-refractivity contribution < 1.29 is 0 Å². The maximum atomic E-state index is 6.01. The molecule has 2 rings (SSSR count). The van der Waals surface area contributed by atoms with Gasteiger partial charge in [-0.25, -0.2) is 0 Å². The summed E-state index contributed by atoms with van der Waals surface area (Å²) in [5.41, 5.74) is 7.44. The van der Waals surface area contributed by atoms with Crippen LogP contribution in [-0.4, -0.2) is 10.2 Å². The number of hydrogen-bond acceptors (Lipinski definition) is 3. The first-order valence-corrected chi connectivity index (χ1v) is 4.91. The van der Waals surface area contributed by atoms with Crippen LogP contribution in [0.2, 0.25) is 5.02 Å². The molecule has 1 aromatic heterocycles. The number of rotatable bonds is 3. The summed E-state index contributed by atoms with van der Waals surface area (Å²) in [6.45, 7) is 0.628. The van der Waals surface area contributed by atoms with Gasteiger partial charge in [-0.2, -0.15) is 5.10 Å². The fourth-order valence-corrected chi connectivity index (χ4v) is 1.47. The van der Waals surface area contributed by atoms with Crippen molar-refractivity contribution in [3.05, 3.63) is 41.0 Å². The molecule has 0 amide bonds. The molecule has 78 valence electrons. The first-order chi connectivity index (χ1) is 7.27. The number of aromatic amines is 1. The van der Waals surface area contributed by atoms with Crippen molar-refractivity contribution in [2.45, 2.75) is 6.54 Å². The second-order valence-corrected chi connectivity index (χ2v) is 3.55. The molecule has 0 aliphatic carbocycles. The molecular weight excluding hydrogens is 212 g/mol. The van der Waals surface area contributed by atoms with E-state index in [-0.39, 0.29) is 0 Å². The number of halogens is 1. The molecule has 0 aliphatic rings. The normalized spacial score (nSPS) is 10.2. The van der Waals surface area contributed by atoms with Gasteiger partial charge in [0.1, 0.15) is 5.82 Å². The summed E-state index contributed by atoms with van der Waals surface area (Å²) >= 11 is 6.01. The fraction of sp³-hybridized carbons (Fsp3) is 0.100. The van der Waals surface area contributed by atoms with Gasteiger partial charge in [0.25, 0.3) is 0 Å². The van der Waals surface area contributed by atoms with Gasteiger partial charge >= 0.3 is 0 Å². The maximum absolute atomic E-state index is 6.01. The Bertz CT molecular complexity index is 452. The van der Waals surface area contributed by atoms with Gasteiger partial charge in [-0.15, -0.1) is 0 Å². The Morgan fingerprint density at radius 3 is 2.87 bits per heavy atom. The molecule has 4 N–H and O–H groups in total. The van der Waals surface area contributed by atoms with E-state index in [1.54, 1.807) is 6.20 Å². The van der Waals surface area contributed by atoms with Crippen LogP contribution >= 0.6 is 11.6 Å². The average Bonchev–Trinajstić information content (AvgIpc) is 2.63. The number of benzene rings is 1. The predicted octanol–water partition coefficient (Wildman–Crippen LogP) is 2.26. The lowest BCUT2D eigenvalue weighted by molar-refractivity contribution is 1.10. The van der Waals surface area contributed by atoms with Gasteiger partial charge in [-0.05, 0) is 11.6 Å². The molecule has 4 nitrogen and oxygen atoms in total. The first-order valence-electron chi connectivity index (χ1n) is 4.53. The molecule has 15 heavy (non-hydrogen) atoms. The number of hydrogen-bond donors (Lipinski definition) is 3. The average molecular weight is 223 g/mol. The predicted molar refractivity (Wildman–Crippen MR) is 61.8 cm³/mol. The van der Waals surface area contributed by atoms with Gasteiger partial charge in [0, 0.05) is 11.6 Å². The van der Waals surface area contributed by atoms with Crippen LogP contribution in [-0.2, 0) is 6.54 Å². The van der Waals surface area contributed by atoms with Crippen LogP contribution in [0.3, 0.4) is 0 Å². The van der Waals surface area contributed by atoms with E-state index < -0.39 is 0 Å². The topological polar surface area (TPSA) is 66.7 Å². The molecule has 2 aromatic rings. The second kappa shape index (κ2) is 4.23. The highest BCUT2D eigenvalue weighted by molar-refractivity contribution is 6.31. The lowest BCUT2D eigenvalue weighted by Crippen LogP contribution is -2.01. The van der Waals surface area contributed by atoms with Crippen LogP contribution in [0.5, 0.6) is 0 Å². The zero-order chi connectivity index (χ0) is 10.7. The zero-order valence-corrected chi connectivity index (χ0v) is 8.75. The third kappa shape index (κ3) is 2.22. The van der Waals surface area contributed by atoms with Crippen LogP contribution in [0.15, 0.2) is 30.5 Å². The quantitative estimate of drug-likeness (QED) is 0.746. The molecule has 0 radical (unpaired) electrons. The van der Waals surface area contributed by atoms with Gasteiger partial charge < -0.3 is 11.1 Å². The minimum Gasteiger partial charge on any atom is -0.382 e. The van der Waals surface area contributed by atoms with Gasteiger partial charge in [0.05, 0.1) is 11.9 Å². The third-order valence-electron chi connectivity index (χ3n) is 2.10. The summed E-state index contributed by atoms with van der Waals surface area (Å²) < 4.78 is 0. The first kappa shape index (κ1) is 9.86. The van der Waals surface area contributed by atoms with Crippen molar-refractivity contribution in [3.8, 4) is 0 Å². The summed E-state index contributed by atoms with van der Waals surface area (Å²) in [4.78, 5) is 0. The number of nitrogen functional groups attached to an aromatic ring is 1. The summed E-state index contributed by atoms with van der Waals surface area (Å²) in [7, 11) is 0. The molecule has 0 saturated carbocycles. The molecule has 1 aromatic carbocycles. The summed E-state index contributed by atoms with van der Waals surface area (Å²) in [5, 5.41) is 10.4. The van der Waals surface area contributed by atoms with Crippen molar-refractivity contribution in [2.75, 3.05) is 11.1 Å². The molecule has 5 heteroatoms. The SMILES string of the molecule is Nc1[nH]ncc1NCc1ccccc1Cl. The standard InChI is InChI=1S/C10H11ClN4/c11-8-4-2-1-3-7(8)5-13-9-6-14-15-10(9)12/h1-4,6,13H,5H2,(H3,12,14,15). The number of nitrogens with one attached hydrogen (secondary N) is 2. The number of anilines is 2. The number of nitrogens with two attached hydrogens (primary N) is 1. The third-order valence-corrected chi connectivity index (χ3v) is 2.46. The Kier molecular flexibility index (Phi) is 2.78. The largest absolute Gasteiger partial charge is 0.382 e. The molecule has 0 aliphatic heterocycles. The van der Waals surface area contributed by atoms with E-state index >= 15 is 0 Å². The van der Waals surface area contributed by atoms with E-state index in [9.17, 15) is 0 Å². The number of aromatic nitrogens is 2. The fourth-order valence-electron chi connectivity index (χ4n) is 1.27. The van der Waals surface area contributed by atoms with E-state index in [2.05, 4.69) is 15.5 Å². The molecule has 0 fully saturated rings. The van der Waals surface area contributed by atoms with Gasteiger partial charge in [0.15, 0.2) is 0 Å². The molecule has 1 heterocycles. The van der Waals surface area contributed by atoms with Gasteiger partial charge in [0.2, 0.25) is 0 Å². The monoisotopic (exact) mass is 222 g/mol. The zero-order valence-electron chi connectivity index (χ0n) is 8.00. The summed E-state index contributed by atoms with van der Waals surface area (Å²) in [5.74, 6) is 0.530. The number of H-pyrrole nitrogens is 1. The molecule has 0 bridgehead atoms. The van der Waals surface area contributed by atoms with Crippen LogP contribution in [0.4, 0.5) is 11.5 Å². The highest BCUT2D eigenvalue weighted by Crippen LogP contribution is 2.18. The Labute approximate surface area is 92.4 Å². The second-order valence-electron chi connectivity index (χ2n) is 3.14. The van der Waals surface area contributed by atoms with Crippen LogP contribution in [0, 0.1) is 0 Å². The maximum Gasteiger partial charge on any atom is 0.142 e. The Balaban J connectivity index is 2.06. The minimum absolute atomic E-state index is 0.530. The van der Waals surface area contributed by atoms with Crippen molar-refractivity contribution in [2.24, 2.45) is 0 Å². The lowest BCUT2D eigenvalue weighted by atomic mass is 10.2. The minimum atomic E-state index is 0.530. The smallest absolute Gasteiger partial charge is 0.142 e. The van der Waals surface area contributed by atoms with Gasteiger partial charge in [-0.3, -0.25) is 5.10 Å². The molecule has 0 unspecified atom stereocenters. The van der Waals surface area contributed by atoms with Crippen molar-refractivity contribution in [1.82, 2.24) is 10.2 Å². The molecule has 0 atom stereocenters. The van der Waals surface area contributed by atoms with E-state index in [1.807, 2.05) is 24.3 Å². The van der Waals surface area contributed by atoms with Crippen LogP contribution in [0.1, 0.15) is 5.56 Å². The number of nitrogens with zero attached hydrogens (tertiary/aromatic N) is 1. The van der Waals surface area contributed by atoms with Crippen LogP contribution in [0.25, 0.3) is 0 Å². The van der Waals surface area contributed by atoms with E-state index in [0.29, 0.717) is 12.4 Å². The highest BCUT2D eigenvalue weighted by Gasteiger charge is 2.02. The highest BCUT2D eigenvalue weighted by atomic mass is 35.5. The van der Waals surface area contributed by atoms with Crippen molar-refractivity contribution in [3.63, 3.8) is 0 Å². The Morgan fingerprint density at radius 2 is 2.20 bits per heavy atom. The van der Waals surface area contributed by atoms with Crippen molar-refractivity contribution in [1.29, 1.82) is 0 Å². The molecular formula is C10H11ClN4. The molecule has 0 spiro atoms. The van der Waals surface area contributed by atoms with E-state index in [4.69, 9.17) is 17.3 Å². The lowest BCUT2D eigenvalue weighted by Gasteiger charge is -2.06. The summed E-state index contributed by atoms with van der Waals surface area (Å²) in [6, 6.07) is 7.67. The van der Waals surface area contributed by atoms with E-state index in [0.717, 1.165) is 16.3 Å². The van der Waals surface area contributed by atoms with Crippen molar-refractivity contribution >= 4 is 23.1 Å². The Morgan fingerprint density at radius 1 is 1.40 bits per heavy atom.